The van der Waals surface area contributed by atoms with Crippen LogP contribution in [0.5, 0.6) is 5.75 Å². The zero-order chi connectivity index (χ0) is 15.2. The minimum Gasteiger partial charge on any atom is -0.490 e. The molecule has 6 heteroatoms. The molecule has 0 radical (unpaired) electrons. The van der Waals surface area contributed by atoms with Gasteiger partial charge in [0, 0.05) is 12.6 Å². The zero-order valence-corrected chi connectivity index (χ0v) is 11.7. The standard InChI is InChI=1S/C15H17N3O3/c1-21-14-9-5-8-13(15(14)18(19)20)17-10-12(16)11-6-3-2-4-7-11/h2-9,12,17H,10,16H2,1H3. The molecule has 1 atom stereocenters. The van der Waals surface area contributed by atoms with Gasteiger partial charge in [0.05, 0.1) is 12.0 Å². The van der Waals surface area contributed by atoms with Crippen LogP contribution >= 0.6 is 0 Å². The summed E-state index contributed by atoms with van der Waals surface area (Å²) in [6.45, 7) is 0.387. The number of nitrogens with two attached hydrogens (primary N) is 1. The second-order valence-corrected chi connectivity index (χ2v) is 4.51. The Morgan fingerprint density at radius 3 is 2.57 bits per heavy atom. The Bertz CT molecular complexity index is 617. The maximum Gasteiger partial charge on any atom is 0.333 e. The summed E-state index contributed by atoms with van der Waals surface area (Å²) in [6, 6.07) is 14.2. The van der Waals surface area contributed by atoms with Crippen molar-refractivity contribution in [3.63, 3.8) is 0 Å². The number of ether oxygens (including phenoxy) is 1. The van der Waals surface area contributed by atoms with Gasteiger partial charge >= 0.3 is 5.69 Å². The minimum atomic E-state index is -0.463. The molecule has 0 aliphatic carbocycles. The van der Waals surface area contributed by atoms with E-state index in [1.54, 1.807) is 18.2 Å². The van der Waals surface area contributed by atoms with E-state index < -0.39 is 4.92 Å². The van der Waals surface area contributed by atoms with Crippen LogP contribution < -0.4 is 15.8 Å². The van der Waals surface area contributed by atoms with Crippen LogP contribution in [0.3, 0.4) is 0 Å². The van der Waals surface area contributed by atoms with Gasteiger partial charge in [-0.2, -0.15) is 0 Å². The van der Waals surface area contributed by atoms with Crippen molar-refractivity contribution < 1.29 is 9.66 Å². The van der Waals surface area contributed by atoms with Gasteiger partial charge in [0.2, 0.25) is 0 Å². The number of nitrogens with zero attached hydrogens (tertiary/aromatic N) is 1. The number of nitro benzene ring substituents is 1. The highest BCUT2D eigenvalue weighted by molar-refractivity contribution is 5.68. The van der Waals surface area contributed by atoms with Crippen LogP contribution in [0, 0.1) is 10.1 Å². The molecule has 0 aromatic heterocycles. The Labute approximate surface area is 122 Å². The SMILES string of the molecule is COc1cccc(NCC(N)c2ccccc2)c1[N+](=O)[O-]. The molecule has 3 N–H and O–H groups in total. The summed E-state index contributed by atoms with van der Waals surface area (Å²) in [5.41, 5.74) is 7.36. The van der Waals surface area contributed by atoms with Crippen LogP contribution in [0.2, 0.25) is 0 Å². The quantitative estimate of drug-likeness (QED) is 0.629. The van der Waals surface area contributed by atoms with Crippen LogP contribution in [-0.2, 0) is 0 Å². The average molecular weight is 287 g/mol. The highest BCUT2D eigenvalue weighted by Crippen LogP contribution is 2.34. The summed E-state index contributed by atoms with van der Waals surface area (Å²) in [5.74, 6) is 0.221. The molecule has 0 bridgehead atoms. The molecule has 0 fully saturated rings. The molecule has 0 spiro atoms. The van der Waals surface area contributed by atoms with Crippen molar-refractivity contribution in [2.45, 2.75) is 6.04 Å². The van der Waals surface area contributed by atoms with E-state index in [1.165, 1.54) is 7.11 Å². The van der Waals surface area contributed by atoms with E-state index >= 15 is 0 Å². The molecule has 0 amide bonds. The number of hydrogen-bond donors (Lipinski definition) is 2. The molecule has 0 heterocycles. The molecule has 21 heavy (non-hydrogen) atoms. The zero-order valence-electron chi connectivity index (χ0n) is 11.7. The third kappa shape index (κ3) is 3.49. The smallest absolute Gasteiger partial charge is 0.333 e. The number of hydrogen-bond acceptors (Lipinski definition) is 5. The molecule has 2 aromatic carbocycles. The van der Waals surface area contributed by atoms with Gasteiger partial charge in [-0.15, -0.1) is 0 Å². The molecule has 0 aliphatic heterocycles. The lowest BCUT2D eigenvalue weighted by Crippen LogP contribution is -2.20. The average Bonchev–Trinajstić information content (AvgIpc) is 2.52. The highest BCUT2D eigenvalue weighted by Gasteiger charge is 2.20. The number of benzene rings is 2. The lowest BCUT2D eigenvalue weighted by molar-refractivity contribution is -0.384. The summed E-state index contributed by atoms with van der Waals surface area (Å²) >= 11 is 0. The first-order valence-electron chi connectivity index (χ1n) is 6.49. The van der Waals surface area contributed by atoms with Gasteiger partial charge in [-0.3, -0.25) is 10.1 Å². The molecule has 110 valence electrons. The molecule has 0 saturated heterocycles. The molecule has 0 saturated carbocycles. The van der Waals surface area contributed by atoms with E-state index in [4.69, 9.17) is 10.5 Å². The molecule has 0 aliphatic rings. The monoisotopic (exact) mass is 287 g/mol. The van der Waals surface area contributed by atoms with Gasteiger partial charge in [0.15, 0.2) is 5.75 Å². The summed E-state index contributed by atoms with van der Waals surface area (Å²) in [7, 11) is 1.40. The van der Waals surface area contributed by atoms with Gasteiger partial charge in [-0.1, -0.05) is 36.4 Å². The normalized spacial score (nSPS) is 11.7. The van der Waals surface area contributed by atoms with Gasteiger partial charge < -0.3 is 15.8 Å². The fraction of sp³-hybridized carbons (Fsp3) is 0.200. The van der Waals surface area contributed by atoms with Crippen molar-refractivity contribution >= 4 is 11.4 Å². The van der Waals surface area contributed by atoms with Gasteiger partial charge in [-0.25, -0.2) is 0 Å². The molecule has 2 rings (SSSR count). The molecular weight excluding hydrogens is 270 g/mol. The Morgan fingerprint density at radius 1 is 1.24 bits per heavy atom. The number of nitro groups is 1. The van der Waals surface area contributed by atoms with Crippen molar-refractivity contribution in [2.75, 3.05) is 19.0 Å². The third-order valence-corrected chi connectivity index (χ3v) is 3.14. The Kier molecular flexibility index (Phi) is 4.73. The molecule has 1 unspecified atom stereocenters. The van der Waals surface area contributed by atoms with Crippen molar-refractivity contribution in [3.8, 4) is 5.75 Å². The van der Waals surface area contributed by atoms with E-state index in [2.05, 4.69) is 5.32 Å². The van der Waals surface area contributed by atoms with E-state index in [1.807, 2.05) is 30.3 Å². The fourth-order valence-corrected chi connectivity index (χ4v) is 2.06. The first-order valence-corrected chi connectivity index (χ1v) is 6.49. The highest BCUT2D eigenvalue weighted by atomic mass is 16.6. The van der Waals surface area contributed by atoms with E-state index in [0.717, 1.165) is 5.56 Å². The number of rotatable bonds is 6. The summed E-state index contributed by atoms with van der Waals surface area (Å²) in [6.07, 6.45) is 0. The van der Waals surface area contributed by atoms with Crippen LogP contribution in [-0.4, -0.2) is 18.6 Å². The topological polar surface area (TPSA) is 90.4 Å². The van der Waals surface area contributed by atoms with Crippen molar-refractivity contribution in [1.29, 1.82) is 0 Å². The Hall–Kier alpha value is -2.60. The van der Waals surface area contributed by atoms with Crippen molar-refractivity contribution in [1.82, 2.24) is 0 Å². The van der Waals surface area contributed by atoms with E-state index in [0.29, 0.717) is 12.2 Å². The second-order valence-electron chi connectivity index (χ2n) is 4.51. The lowest BCUT2D eigenvalue weighted by atomic mass is 10.1. The van der Waals surface area contributed by atoms with Crippen molar-refractivity contribution in [3.05, 3.63) is 64.2 Å². The Balaban J connectivity index is 2.15. The van der Waals surface area contributed by atoms with Gasteiger partial charge in [-0.05, 0) is 17.7 Å². The first kappa shape index (κ1) is 14.8. The summed E-state index contributed by atoms with van der Waals surface area (Å²) < 4.78 is 5.03. The van der Waals surface area contributed by atoms with Crippen molar-refractivity contribution in [2.24, 2.45) is 5.73 Å². The number of nitrogens with one attached hydrogen (secondary N) is 1. The fourth-order valence-electron chi connectivity index (χ4n) is 2.06. The maximum atomic E-state index is 11.2. The van der Waals surface area contributed by atoms with Crippen LogP contribution in [0.25, 0.3) is 0 Å². The minimum absolute atomic E-state index is 0.0831. The third-order valence-electron chi connectivity index (χ3n) is 3.14. The number of para-hydroxylation sites is 1. The lowest BCUT2D eigenvalue weighted by Gasteiger charge is -2.14. The predicted molar refractivity (Wildman–Crippen MR) is 81.5 cm³/mol. The number of anilines is 1. The van der Waals surface area contributed by atoms with E-state index in [9.17, 15) is 10.1 Å². The molecular formula is C15H17N3O3. The summed E-state index contributed by atoms with van der Waals surface area (Å²) in [5, 5.41) is 14.2. The van der Waals surface area contributed by atoms with Gasteiger partial charge in [0.1, 0.15) is 5.69 Å². The predicted octanol–water partition coefficient (Wildman–Crippen LogP) is 2.72. The van der Waals surface area contributed by atoms with Crippen LogP contribution in [0.15, 0.2) is 48.5 Å². The number of methoxy groups -OCH3 is 1. The summed E-state index contributed by atoms with van der Waals surface area (Å²) in [4.78, 5) is 10.7. The second kappa shape index (κ2) is 6.71. The van der Waals surface area contributed by atoms with Gasteiger partial charge in [0.25, 0.3) is 0 Å². The van der Waals surface area contributed by atoms with E-state index in [-0.39, 0.29) is 17.5 Å². The maximum absolute atomic E-state index is 11.2. The largest absolute Gasteiger partial charge is 0.490 e. The van der Waals surface area contributed by atoms with Crippen LogP contribution in [0.4, 0.5) is 11.4 Å². The molecule has 6 nitrogen and oxygen atoms in total. The first-order chi connectivity index (χ1) is 10.1. The van der Waals surface area contributed by atoms with Crippen LogP contribution in [0.1, 0.15) is 11.6 Å². The molecule has 2 aromatic rings. The Morgan fingerprint density at radius 2 is 1.95 bits per heavy atom.